The number of rotatable bonds is 16. The molecular weight excluding hydrogens is 1130 g/mol. The number of hydrogen-bond acceptors (Lipinski definition) is 12. The van der Waals surface area contributed by atoms with Crippen molar-refractivity contribution in [1.82, 2.24) is 10.6 Å². The average molecular weight is 1190 g/mol. The van der Waals surface area contributed by atoms with Crippen molar-refractivity contribution in [3.05, 3.63) is 118 Å². The van der Waals surface area contributed by atoms with Gasteiger partial charge in [-0.25, -0.2) is 9.59 Å². The summed E-state index contributed by atoms with van der Waals surface area (Å²) in [6.07, 6.45) is 3.15. The predicted molar refractivity (Wildman–Crippen MR) is 275 cm³/mol. The number of aliphatic carboxylic acids is 2. The molecule has 8 rings (SSSR count). The molecule has 26 heteroatoms. The van der Waals surface area contributed by atoms with Crippen LogP contribution in [0.3, 0.4) is 0 Å². The van der Waals surface area contributed by atoms with Gasteiger partial charge in [0, 0.05) is 44.3 Å². The maximum absolute atomic E-state index is 15.7. The number of nitrogens with one attached hydrogen (secondary N) is 2. The molecular formula is C52H58BrClF8N10O6. The van der Waals surface area contributed by atoms with Gasteiger partial charge in [-0.3, -0.25) is 19.6 Å². The highest BCUT2D eigenvalue weighted by Crippen LogP contribution is 3.09. The van der Waals surface area contributed by atoms with Crippen LogP contribution in [0.4, 0.5) is 35.1 Å². The minimum absolute atomic E-state index is 0.0615. The number of nitrogens with two attached hydrogens (primary N) is 6. The monoisotopic (exact) mass is 1180 g/mol. The second-order valence-electron chi connectivity index (χ2n) is 21.7. The largest absolute Gasteiger partial charge is 0.478 e. The zero-order valence-electron chi connectivity index (χ0n) is 42.4. The topological polar surface area (TPSA) is 314 Å². The van der Waals surface area contributed by atoms with Gasteiger partial charge in [-0.2, -0.15) is 35.1 Å². The van der Waals surface area contributed by atoms with Crippen LogP contribution < -0.4 is 45.0 Å². The fraction of sp³-hybridized carbons (Fsp3) is 0.500. The third kappa shape index (κ3) is 6.99. The molecule has 8 aliphatic rings. The lowest BCUT2D eigenvalue weighted by Gasteiger charge is -2.84. The highest BCUT2D eigenvalue weighted by molar-refractivity contribution is 9.10. The molecule has 0 saturated heterocycles. The van der Waals surface area contributed by atoms with E-state index in [0.717, 1.165) is 36.8 Å². The van der Waals surface area contributed by atoms with Gasteiger partial charge in [0.1, 0.15) is 17.0 Å². The van der Waals surface area contributed by atoms with Crippen LogP contribution in [0.2, 0.25) is 0 Å². The van der Waals surface area contributed by atoms with E-state index >= 15 is 8.78 Å². The Kier molecular flexibility index (Phi) is 14.0. The van der Waals surface area contributed by atoms with Gasteiger partial charge in [0.25, 0.3) is 11.8 Å². The Morgan fingerprint density at radius 2 is 1.09 bits per heavy atom. The van der Waals surface area contributed by atoms with E-state index < -0.39 is 166 Å². The average Bonchev–Trinajstić information content (AvgIpc) is 1.70. The maximum atomic E-state index is 15.7. The van der Waals surface area contributed by atoms with Crippen molar-refractivity contribution in [1.29, 1.82) is 0 Å². The van der Waals surface area contributed by atoms with Crippen LogP contribution in [-0.4, -0.2) is 82.0 Å². The molecule has 8 saturated carbocycles. The van der Waals surface area contributed by atoms with Gasteiger partial charge in [0.05, 0.1) is 37.3 Å². The number of alkyl halides is 8. The molecule has 17 atom stereocenters. The lowest BCUT2D eigenvalue weighted by atomic mass is 9.19. The Bertz CT molecular complexity index is 3050. The fourth-order valence-corrected chi connectivity index (χ4v) is 21.0. The number of halogens is 10. The first kappa shape index (κ1) is 57.8. The summed E-state index contributed by atoms with van der Waals surface area (Å²) in [5.41, 5.74) is 20.6. The second kappa shape index (κ2) is 18.9. The van der Waals surface area contributed by atoms with Gasteiger partial charge in [-0.1, -0.05) is 67.1 Å². The minimum atomic E-state index is -5.37. The Morgan fingerprint density at radius 1 is 0.667 bits per heavy atom. The molecule has 17 unspecified atom stereocenters. The number of carbonyl (C=O) groups is 4. The molecule has 2 amide bonds. The summed E-state index contributed by atoms with van der Waals surface area (Å²) in [5.74, 6) is -16.4. The molecule has 0 heterocycles. The van der Waals surface area contributed by atoms with E-state index in [1.807, 2.05) is 20.8 Å². The summed E-state index contributed by atoms with van der Waals surface area (Å²) in [5, 5.41) is 25.4. The SMILES string of the molecule is CN=CC(=CN)NC(=O)C(/C=C\C1C2CC3CC4C5C6C(C)C7(C)C(C)C8C2C(Br)(/C=C\C(C(=O)O)=C(/N)F)C(C5(Cl)/C=C\C(C(=O)O)=C(/N)C(F)(F)F)(C31C4/C=C\C(C(=O)NC(C=NC)=CN)=C(/N)C(F)(F)F)C687)=C(/N)F. The van der Waals surface area contributed by atoms with E-state index in [1.54, 1.807) is 6.08 Å². The van der Waals surface area contributed by atoms with Gasteiger partial charge in [-0.15, -0.1) is 11.6 Å². The number of hydrogen-bond donors (Lipinski definition) is 10. The Labute approximate surface area is 455 Å². The predicted octanol–water partition coefficient (Wildman–Crippen LogP) is 6.23. The van der Waals surface area contributed by atoms with Crippen LogP contribution in [-0.2, 0) is 19.2 Å². The lowest BCUT2D eigenvalue weighted by molar-refractivity contribution is -0.380. The molecule has 0 aromatic carbocycles. The highest BCUT2D eigenvalue weighted by Gasteiger charge is 3.09. The van der Waals surface area contributed by atoms with Crippen molar-refractivity contribution in [3.63, 3.8) is 0 Å². The zero-order valence-corrected chi connectivity index (χ0v) is 44.7. The standard InChI is InChI=1S/C52H58BrClF8N10O6/c1-20-33-35-29-14-22-15-30-32(8-6-25(37(65)50(57,58)59)41(73)71-23(16-63)18-69-4)48(22,31(29)9-7-27(39(55)67)42(74)72-24(17-64)19-70-5)52(46(35,53)12-10-28(40(56)68)44(77)78)47(54,13-11-26(43(75)76)38(66)51(60,61)62)36(30)34-21(2)45(20,3)49(33,34)52/h6-13,16-22,29-36H,14-15,63-68H2,1-5H3,(H,71,73)(H,72,74)(H,75,76)(H,77,78)/b8-6-,9-7-,12-10-,13-11-,23-16?,24-17?,37-25+,38-26+,39-27+,40-28+,69-18?,70-19?. The van der Waals surface area contributed by atoms with Crippen LogP contribution in [0.25, 0.3) is 0 Å². The molecule has 16 N–H and O–H groups in total. The molecule has 0 radical (unpaired) electrons. The first-order chi connectivity index (χ1) is 36.2. The molecule has 3 spiro atoms. The third-order valence-electron chi connectivity index (χ3n) is 19.8. The van der Waals surface area contributed by atoms with E-state index in [1.165, 1.54) is 38.5 Å². The molecule has 0 aromatic heterocycles. The highest BCUT2D eigenvalue weighted by atomic mass is 79.9. The van der Waals surface area contributed by atoms with E-state index in [2.05, 4.69) is 36.5 Å². The van der Waals surface area contributed by atoms with E-state index in [9.17, 15) is 55.7 Å². The fourth-order valence-electron chi connectivity index (χ4n) is 18.3. The van der Waals surface area contributed by atoms with Crippen molar-refractivity contribution in [2.75, 3.05) is 14.1 Å². The Hall–Kier alpha value is -6.37. The van der Waals surface area contributed by atoms with E-state index in [-0.39, 0.29) is 36.1 Å². The summed E-state index contributed by atoms with van der Waals surface area (Å²) >= 11 is 12.8. The second-order valence-corrected chi connectivity index (χ2v) is 23.6. The van der Waals surface area contributed by atoms with Crippen LogP contribution >= 0.6 is 27.5 Å². The minimum Gasteiger partial charge on any atom is -0.478 e. The number of carbonyl (C=O) groups excluding carboxylic acids is 2. The smallest absolute Gasteiger partial charge is 0.431 e. The van der Waals surface area contributed by atoms with Crippen molar-refractivity contribution in [2.45, 2.75) is 55.2 Å². The Balaban J connectivity index is 1.54. The normalized spacial score (nSPS) is 41.3. The summed E-state index contributed by atoms with van der Waals surface area (Å²) in [6, 6.07) is 0. The van der Waals surface area contributed by atoms with Crippen LogP contribution in [0.5, 0.6) is 0 Å². The molecule has 422 valence electrons. The molecule has 6 bridgehead atoms. The number of amides is 2. The van der Waals surface area contributed by atoms with Crippen molar-refractivity contribution in [2.24, 2.45) is 131 Å². The van der Waals surface area contributed by atoms with Gasteiger partial charge in [-0.05, 0) is 112 Å². The van der Waals surface area contributed by atoms with Gasteiger partial charge < -0.3 is 55.2 Å². The number of aliphatic imine (C=N–C) groups is 2. The molecule has 78 heavy (non-hydrogen) atoms. The first-order valence-electron chi connectivity index (χ1n) is 24.6. The van der Waals surface area contributed by atoms with E-state index in [0.29, 0.717) is 6.08 Å². The van der Waals surface area contributed by atoms with Crippen molar-refractivity contribution in [3.8, 4) is 0 Å². The number of fused-ring (bicyclic) bond motifs is 8. The van der Waals surface area contributed by atoms with Crippen molar-refractivity contribution >= 4 is 63.7 Å². The molecule has 16 nitrogen and oxygen atoms in total. The van der Waals surface area contributed by atoms with Crippen LogP contribution in [0.15, 0.2) is 128 Å². The van der Waals surface area contributed by atoms with Crippen LogP contribution in [0.1, 0.15) is 33.6 Å². The lowest BCUT2D eigenvalue weighted by Crippen LogP contribution is -2.83. The summed E-state index contributed by atoms with van der Waals surface area (Å²) in [4.78, 5) is 59.2. The molecule has 8 fully saturated rings. The van der Waals surface area contributed by atoms with E-state index in [4.69, 9.17) is 46.0 Å². The molecule has 8 aliphatic carbocycles. The summed E-state index contributed by atoms with van der Waals surface area (Å²) in [6.45, 7) is 6.04. The summed E-state index contributed by atoms with van der Waals surface area (Å²) in [7, 11) is 2.69. The summed E-state index contributed by atoms with van der Waals surface area (Å²) < 4.78 is 117. The third-order valence-corrected chi connectivity index (χ3v) is 21.9. The van der Waals surface area contributed by atoms with Gasteiger partial charge >= 0.3 is 24.3 Å². The van der Waals surface area contributed by atoms with Crippen LogP contribution in [0, 0.1) is 86.8 Å². The van der Waals surface area contributed by atoms with Gasteiger partial charge in [0.15, 0.2) is 11.9 Å². The number of nitrogens with zero attached hydrogens (tertiary/aromatic N) is 2. The quantitative estimate of drug-likeness (QED) is 0.0206. The maximum Gasteiger partial charge on any atom is 0.431 e. The molecule has 0 aromatic rings. The van der Waals surface area contributed by atoms with Gasteiger partial charge in [0.2, 0.25) is 0 Å². The zero-order chi connectivity index (χ0) is 58.2. The number of carboxylic acid groups (broad SMARTS) is 2. The molecule has 0 aliphatic heterocycles. The Morgan fingerprint density at radius 3 is 1.53 bits per heavy atom. The number of allylic oxidation sites excluding steroid dienone is 8. The van der Waals surface area contributed by atoms with Crippen molar-refractivity contribution < 1.29 is 64.5 Å². The first-order valence-corrected chi connectivity index (χ1v) is 25.7. The number of carboxylic acids is 2.